The van der Waals surface area contributed by atoms with Gasteiger partial charge in [-0.15, -0.1) is 0 Å². The molecule has 6 nitrogen and oxygen atoms in total. The molecule has 0 saturated heterocycles. The molecule has 0 atom stereocenters. The zero-order valence-electron chi connectivity index (χ0n) is 11.6. The number of rotatable bonds is 0. The van der Waals surface area contributed by atoms with E-state index in [1.807, 2.05) is 12.1 Å². The Balaban J connectivity index is -0.000000230. The first-order valence-corrected chi connectivity index (χ1v) is 8.26. The molecule has 0 fully saturated rings. The van der Waals surface area contributed by atoms with E-state index in [2.05, 4.69) is 22.0 Å². The van der Waals surface area contributed by atoms with Crippen LogP contribution < -0.4 is 3.12 Å². The average molecular weight is 578 g/mol. The van der Waals surface area contributed by atoms with Gasteiger partial charge in [-0.1, -0.05) is 0 Å². The summed E-state index contributed by atoms with van der Waals surface area (Å²) >= 11 is 10.2. The van der Waals surface area contributed by atoms with Crippen LogP contribution in [0, 0.1) is 0 Å². The maximum atomic E-state index is 9.00. The van der Waals surface area contributed by atoms with Crippen LogP contribution >= 0.6 is 27.5 Å². The van der Waals surface area contributed by atoms with Crippen LogP contribution in [0.2, 0.25) is 5.02 Å². The number of halogens is 2. The van der Waals surface area contributed by atoms with Gasteiger partial charge in [0.1, 0.15) is 0 Å². The molecule has 117 valence electrons. The van der Waals surface area contributed by atoms with Gasteiger partial charge in [-0.3, -0.25) is 14.4 Å². The van der Waals surface area contributed by atoms with Crippen molar-refractivity contribution in [2.75, 3.05) is 0 Å². The average Bonchev–Trinajstić information content (AvgIpc) is 2.21. The molecule has 0 heterocycles. The number of hydrogen-bond acceptors (Lipinski definition) is 3. The predicted octanol–water partition coefficient (Wildman–Crippen LogP) is 2.17. The molecule has 3 N–H and O–H groups in total. The van der Waals surface area contributed by atoms with Crippen molar-refractivity contribution in [3.05, 3.63) is 27.7 Å². The third kappa shape index (κ3) is 38.2. The van der Waals surface area contributed by atoms with Gasteiger partial charge < -0.3 is 15.3 Å². The number of carbonyl (C=O) groups is 3. The molecule has 1 aromatic rings. The van der Waals surface area contributed by atoms with Gasteiger partial charge in [0.2, 0.25) is 0 Å². The van der Waals surface area contributed by atoms with Gasteiger partial charge in [0.05, 0.1) is 0 Å². The Morgan fingerprint density at radius 2 is 1.29 bits per heavy atom. The van der Waals surface area contributed by atoms with E-state index in [0.29, 0.717) is 0 Å². The summed E-state index contributed by atoms with van der Waals surface area (Å²) in [6, 6.07) is 5.91. The molecule has 1 aromatic carbocycles. The van der Waals surface area contributed by atoms with Gasteiger partial charge in [-0.05, 0) is 0 Å². The third-order valence-electron chi connectivity index (χ3n) is 0.928. The second-order valence-electron chi connectivity index (χ2n) is 3.18. The number of benzene rings is 1. The quantitative estimate of drug-likeness (QED) is 0.408. The van der Waals surface area contributed by atoms with Crippen molar-refractivity contribution in [3.8, 4) is 0 Å². The summed E-state index contributed by atoms with van der Waals surface area (Å²) in [6.07, 6.45) is 0. The molecule has 21 heavy (non-hydrogen) atoms. The van der Waals surface area contributed by atoms with Crippen LogP contribution in [0.5, 0.6) is 0 Å². The van der Waals surface area contributed by atoms with E-state index in [1.54, 1.807) is 0 Å². The first kappa shape index (κ1) is 25.3. The standard InChI is InChI=1S/C6H3BrCl.3C2H4O2.Pb/c7-5-1-3-6(8)4-2-5;3*1-2(3)4;/h1-3H;3*1H3,(H,3,4);. The van der Waals surface area contributed by atoms with E-state index in [4.69, 9.17) is 41.3 Å². The topological polar surface area (TPSA) is 112 Å². The Hall–Kier alpha value is -0.678. The summed E-state index contributed by atoms with van der Waals surface area (Å²) < 4.78 is 2.35. The van der Waals surface area contributed by atoms with Crippen LogP contribution in [0.25, 0.3) is 0 Å². The maximum absolute atomic E-state index is 9.00. The molecule has 3 radical (unpaired) electrons. The van der Waals surface area contributed by atoms with Gasteiger partial charge >= 0.3 is 84.1 Å². The minimum atomic E-state index is -0.833. The number of hydrogen-bond donors (Lipinski definition) is 3. The molecular formula is C12H15BrClO6Pb. The van der Waals surface area contributed by atoms with Gasteiger partial charge in [0.15, 0.2) is 0 Å². The summed E-state index contributed by atoms with van der Waals surface area (Å²) in [4.78, 5) is 27.0. The summed E-state index contributed by atoms with van der Waals surface area (Å²) in [7, 11) is 0. The summed E-state index contributed by atoms with van der Waals surface area (Å²) in [6.45, 7) is 3.25. The number of carboxylic acids is 3. The fourth-order valence-corrected chi connectivity index (χ4v) is 2.73. The van der Waals surface area contributed by atoms with Crippen LogP contribution in [0.4, 0.5) is 0 Å². The first-order chi connectivity index (χ1) is 9.39. The van der Waals surface area contributed by atoms with E-state index in [0.717, 1.165) is 56.0 Å². The number of aliphatic carboxylic acids is 3. The van der Waals surface area contributed by atoms with Gasteiger partial charge in [-0.2, -0.15) is 0 Å². The van der Waals surface area contributed by atoms with Crippen LogP contribution in [-0.2, 0) is 14.4 Å². The van der Waals surface area contributed by atoms with Crippen molar-refractivity contribution >= 4 is 74.3 Å². The summed E-state index contributed by atoms with van der Waals surface area (Å²) in [5.74, 6) is -2.50. The Kier molecular flexibility index (Phi) is 18.9. The Bertz CT molecular complexity index is 427. The molecule has 0 unspecified atom stereocenters. The Labute approximate surface area is 151 Å². The summed E-state index contributed by atoms with van der Waals surface area (Å²) in [5.41, 5.74) is 0. The molecule has 0 aliphatic heterocycles. The number of carboxylic acid groups (broad SMARTS) is 3. The van der Waals surface area contributed by atoms with Gasteiger partial charge in [0, 0.05) is 20.8 Å². The van der Waals surface area contributed by atoms with Gasteiger partial charge in [0.25, 0.3) is 17.9 Å². The molecule has 1 rings (SSSR count). The molecule has 9 heteroatoms. The molecule has 0 aliphatic carbocycles. The van der Waals surface area contributed by atoms with Crippen molar-refractivity contribution in [2.24, 2.45) is 0 Å². The van der Waals surface area contributed by atoms with Crippen LogP contribution in [-0.4, -0.2) is 59.0 Å². The molecule has 0 spiro atoms. The molecule has 0 bridgehead atoms. The normalized spacial score (nSPS) is 7.71. The van der Waals surface area contributed by atoms with Gasteiger partial charge in [-0.25, -0.2) is 0 Å². The van der Waals surface area contributed by atoms with Crippen LogP contribution in [0.15, 0.2) is 22.7 Å². The van der Waals surface area contributed by atoms with E-state index in [9.17, 15) is 0 Å². The van der Waals surface area contributed by atoms with E-state index >= 15 is 0 Å². The molecule has 0 saturated carbocycles. The van der Waals surface area contributed by atoms with Crippen molar-refractivity contribution in [2.45, 2.75) is 20.8 Å². The summed E-state index contributed by atoms with van der Waals surface area (Å²) in [5, 5.41) is 23.1. The molecule has 0 aromatic heterocycles. The Morgan fingerprint density at radius 3 is 1.48 bits per heavy atom. The Morgan fingerprint density at radius 1 is 1.00 bits per heavy atom. The fraction of sp³-hybridized carbons (Fsp3) is 0.250. The van der Waals surface area contributed by atoms with Crippen molar-refractivity contribution in [3.63, 3.8) is 0 Å². The molecule has 0 amide bonds. The molecular weight excluding hydrogens is 563 g/mol. The van der Waals surface area contributed by atoms with Crippen LogP contribution in [0.3, 0.4) is 0 Å². The SMILES string of the molecule is CC(=O)O.CC(=O)O.CC(=O)O.Clc1ccc(Br)c[c]1[Pb]. The minimum absolute atomic E-state index is 0.833. The third-order valence-corrected chi connectivity index (χ3v) is 3.98. The second kappa shape index (κ2) is 15.7. The van der Waals surface area contributed by atoms with E-state index in [1.165, 1.54) is 3.12 Å². The zero-order valence-corrected chi connectivity index (χ0v) is 17.8. The second-order valence-corrected chi connectivity index (χ2v) is 6.60. The zero-order chi connectivity index (χ0) is 17.6. The van der Waals surface area contributed by atoms with Crippen molar-refractivity contribution in [1.29, 1.82) is 0 Å². The van der Waals surface area contributed by atoms with Crippen molar-refractivity contribution < 1.29 is 29.7 Å². The van der Waals surface area contributed by atoms with E-state index in [-0.39, 0.29) is 0 Å². The van der Waals surface area contributed by atoms with Crippen molar-refractivity contribution in [1.82, 2.24) is 0 Å². The fourth-order valence-electron chi connectivity index (χ4n) is 0.497. The first-order valence-electron chi connectivity index (χ1n) is 5.15. The molecule has 0 aliphatic rings. The monoisotopic (exact) mass is 577 g/mol. The predicted molar refractivity (Wildman–Crippen MR) is 84.5 cm³/mol. The van der Waals surface area contributed by atoms with E-state index < -0.39 is 17.9 Å². The van der Waals surface area contributed by atoms with Crippen LogP contribution in [0.1, 0.15) is 20.8 Å².